The summed E-state index contributed by atoms with van der Waals surface area (Å²) < 4.78 is 0. The van der Waals surface area contributed by atoms with E-state index in [-0.39, 0.29) is 0 Å². The van der Waals surface area contributed by atoms with E-state index in [9.17, 15) is 5.11 Å². The monoisotopic (exact) mass is 267 g/mol. The lowest BCUT2D eigenvalue weighted by Gasteiger charge is -2.33. The van der Waals surface area contributed by atoms with Crippen LogP contribution in [0.5, 0.6) is 0 Å². The van der Waals surface area contributed by atoms with Crippen LogP contribution in [0, 0.1) is 6.92 Å². The quantitative estimate of drug-likeness (QED) is 0.920. The molecule has 1 N–H and O–H groups in total. The first kappa shape index (κ1) is 13.2. The molecular weight excluding hydrogens is 246 g/mol. The molecule has 0 aliphatic carbocycles. The van der Waals surface area contributed by atoms with Crippen LogP contribution in [-0.2, 0) is 6.42 Å². The molecule has 1 aliphatic rings. The van der Waals surface area contributed by atoms with E-state index in [1.807, 2.05) is 18.2 Å². The van der Waals surface area contributed by atoms with Crippen LogP contribution in [0.3, 0.4) is 0 Å². The molecule has 0 saturated heterocycles. The number of rotatable bonds is 3. The number of para-hydroxylation sites is 1. The maximum Gasteiger partial charge on any atom is 0.0967 e. The van der Waals surface area contributed by atoms with Crippen molar-refractivity contribution >= 4 is 5.69 Å². The van der Waals surface area contributed by atoms with E-state index in [0.29, 0.717) is 6.54 Å². The molecule has 1 atom stereocenters. The van der Waals surface area contributed by atoms with E-state index in [2.05, 4.69) is 42.2 Å². The molecule has 2 aromatic carbocycles. The summed E-state index contributed by atoms with van der Waals surface area (Å²) in [5.74, 6) is 0. The fourth-order valence-corrected chi connectivity index (χ4v) is 3.07. The minimum Gasteiger partial charge on any atom is -0.387 e. The van der Waals surface area contributed by atoms with Gasteiger partial charge in [0.15, 0.2) is 0 Å². The molecule has 2 aromatic rings. The van der Waals surface area contributed by atoms with Gasteiger partial charge in [-0.3, -0.25) is 0 Å². The Balaban J connectivity index is 1.81. The number of hydrogen-bond acceptors (Lipinski definition) is 2. The average molecular weight is 267 g/mol. The molecule has 20 heavy (non-hydrogen) atoms. The van der Waals surface area contributed by atoms with Crippen molar-refractivity contribution in [3.63, 3.8) is 0 Å². The molecule has 0 bridgehead atoms. The molecule has 2 nitrogen and oxygen atoms in total. The van der Waals surface area contributed by atoms with Gasteiger partial charge in [0.05, 0.1) is 6.10 Å². The van der Waals surface area contributed by atoms with Gasteiger partial charge in [-0.2, -0.15) is 0 Å². The van der Waals surface area contributed by atoms with Crippen molar-refractivity contribution in [1.29, 1.82) is 0 Å². The molecule has 0 aromatic heterocycles. The van der Waals surface area contributed by atoms with Crippen LogP contribution < -0.4 is 4.90 Å². The van der Waals surface area contributed by atoms with Crippen LogP contribution in [0.4, 0.5) is 5.69 Å². The summed E-state index contributed by atoms with van der Waals surface area (Å²) in [4.78, 5) is 2.32. The molecule has 0 spiro atoms. The third-order valence-corrected chi connectivity index (χ3v) is 4.15. The maximum atomic E-state index is 10.5. The first-order valence-corrected chi connectivity index (χ1v) is 7.32. The van der Waals surface area contributed by atoms with Crippen molar-refractivity contribution in [1.82, 2.24) is 0 Å². The van der Waals surface area contributed by atoms with Crippen LogP contribution in [-0.4, -0.2) is 18.2 Å². The molecule has 2 heteroatoms. The van der Waals surface area contributed by atoms with Gasteiger partial charge in [-0.25, -0.2) is 0 Å². The number of aliphatic hydroxyl groups is 1. The molecule has 0 saturated carbocycles. The fourth-order valence-electron chi connectivity index (χ4n) is 3.07. The number of aliphatic hydroxyl groups excluding tert-OH is 1. The zero-order valence-corrected chi connectivity index (χ0v) is 11.9. The van der Waals surface area contributed by atoms with Gasteiger partial charge in [0.2, 0.25) is 0 Å². The van der Waals surface area contributed by atoms with Crippen molar-refractivity contribution in [2.24, 2.45) is 0 Å². The SMILES string of the molecule is Cc1ccccc1C(O)CN1CCCc2ccccc21. The Hall–Kier alpha value is -1.80. The molecule has 0 fully saturated rings. The lowest BCUT2D eigenvalue weighted by atomic mass is 9.99. The Kier molecular flexibility index (Phi) is 3.75. The number of anilines is 1. The van der Waals surface area contributed by atoms with Gasteiger partial charge < -0.3 is 10.0 Å². The van der Waals surface area contributed by atoms with E-state index >= 15 is 0 Å². The van der Waals surface area contributed by atoms with Crippen LogP contribution in [0.2, 0.25) is 0 Å². The molecule has 104 valence electrons. The third kappa shape index (κ3) is 2.56. The number of nitrogens with zero attached hydrogens (tertiary/aromatic N) is 1. The van der Waals surface area contributed by atoms with Crippen molar-refractivity contribution in [3.05, 3.63) is 65.2 Å². The highest BCUT2D eigenvalue weighted by Gasteiger charge is 2.20. The highest BCUT2D eigenvalue weighted by Crippen LogP contribution is 2.29. The second-order valence-corrected chi connectivity index (χ2v) is 5.55. The predicted molar refractivity (Wildman–Crippen MR) is 83.1 cm³/mol. The van der Waals surface area contributed by atoms with E-state index in [1.54, 1.807) is 0 Å². The van der Waals surface area contributed by atoms with Gasteiger partial charge in [-0.05, 0) is 42.5 Å². The zero-order chi connectivity index (χ0) is 13.9. The summed E-state index contributed by atoms with van der Waals surface area (Å²) in [6, 6.07) is 16.6. The fraction of sp³-hybridized carbons (Fsp3) is 0.333. The number of aryl methyl sites for hydroxylation is 2. The Morgan fingerprint density at radius 3 is 2.70 bits per heavy atom. The Morgan fingerprint density at radius 1 is 1.10 bits per heavy atom. The normalized spacial score (nSPS) is 15.8. The largest absolute Gasteiger partial charge is 0.387 e. The first-order chi connectivity index (χ1) is 9.75. The summed E-state index contributed by atoms with van der Waals surface area (Å²) in [6.07, 6.45) is 1.88. The smallest absolute Gasteiger partial charge is 0.0967 e. The molecule has 0 radical (unpaired) electrons. The van der Waals surface area contributed by atoms with Gasteiger partial charge in [-0.1, -0.05) is 42.5 Å². The van der Waals surface area contributed by atoms with Gasteiger partial charge in [-0.15, -0.1) is 0 Å². The average Bonchev–Trinajstić information content (AvgIpc) is 2.48. The molecular formula is C18H21NO. The number of fused-ring (bicyclic) bond motifs is 1. The van der Waals surface area contributed by atoms with Crippen LogP contribution in [0.1, 0.15) is 29.2 Å². The summed E-state index contributed by atoms with van der Waals surface area (Å²) in [5.41, 5.74) is 4.88. The summed E-state index contributed by atoms with van der Waals surface area (Å²) in [7, 11) is 0. The summed E-state index contributed by atoms with van der Waals surface area (Å²) >= 11 is 0. The number of β-amino-alcohol motifs (C(OH)–C–C–N with tert-alkyl or cyclic N) is 1. The van der Waals surface area contributed by atoms with Gasteiger partial charge in [0.25, 0.3) is 0 Å². The first-order valence-electron chi connectivity index (χ1n) is 7.32. The second kappa shape index (κ2) is 5.68. The lowest BCUT2D eigenvalue weighted by Crippen LogP contribution is -2.33. The standard InChI is InChI=1S/C18H21NO/c1-14-7-2-4-10-16(14)18(20)13-19-12-6-9-15-8-3-5-11-17(15)19/h2-5,7-8,10-11,18,20H,6,9,12-13H2,1H3. The Labute approximate surface area is 120 Å². The predicted octanol–water partition coefficient (Wildman–Crippen LogP) is 3.48. The van der Waals surface area contributed by atoms with E-state index < -0.39 is 6.10 Å². The lowest BCUT2D eigenvalue weighted by molar-refractivity contribution is 0.182. The topological polar surface area (TPSA) is 23.5 Å². The van der Waals surface area contributed by atoms with Gasteiger partial charge in [0.1, 0.15) is 0 Å². The Bertz CT molecular complexity index is 593. The van der Waals surface area contributed by atoms with Crippen molar-refractivity contribution in [3.8, 4) is 0 Å². The zero-order valence-electron chi connectivity index (χ0n) is 11.9. The molecule has 3 rings (SSSR count). The van der Waals surface area contributed by atoms with E-state index in [1.165, 1.54) is 11.3 Å². The highest BCUT2D eigenvalue weighted by molar-refractivity contribution is 5.55. The van der Waals surface area contributed by atoms with Crippen LogP contribution in [0.15, 0.2) is 48.5 Å². The number of hydrogen-bond donors (Lipinski definition) is 1. The summed E-state index contributed by atoms with van der Waals surface area (Å²) in [6.45, 7) is 3.75. The minimum absolute atomic E-state index is 0.428. The van der Waals surface area contributed by atoms with Crippen LogP contribution in [0.25, 0.3) is 0 Å². The van der Waals surface area contributed by atoms with E-state index in [0.717, 1.165) is 30.5 Å². The minimum atomic E-state index is -0.428. The van der Waals surface area contributed by atoms with Gasteiger partial charge in [0, 0.05) is 18.8 Å². The summed E-state index contributed by atoms with van der Waals surface area (Å²) in [5, 5.41) is 10.5. The molecule has 1 heterocycles. The van der Waals surface area contributed by atoms with Gasteiger partial charge >= 0.3 is 0 Å². The third-order valence-electron chi connectivity index (χ3n) is 4.15. The van der Waals surface area contributed by atoms with Crippen LogP contribution >= 0.6 is 0 Å². The van der Waals surface area contributed by atoms with Crippen molar-refractivity contribution < 1.29 is 5.11 Å². The molecule has 1 aliphatic heterocycles. The van der Waals surface area contributed by atoms with Crippen molar-refractivity contribution in [2.45, 2.75) is 25.9 Å². The Morgan fingerprint density at radius 2 is 1.85 bits per heavy atom. The van der Waals surface area contributed by atoms with E-state index in [4.69, 9.17) is 0 Å². The van der Waals surface area contributed by atoms with Crippen molar-refractivity contribution in [2.75, 3.05) is 18.0 Å². The highest BCUT2D eigenvalue weighted by atomic mass is 16.3. The second-order valence-electron chi connectivity index (χ2n) is 5.55. The molecule has 1 unspecified atom stereocenters. The molecule has 0 amide bonds. The number of benzene rings is 2. The maximum absolute atomic E-state index is 10.5.